The SMILES string of the molecule is CC(C)N(C(=O)c1ccccc1)C(C)C. The van der Waals surface area contributed by atoms with E-state index in [1.165, 1.54) is 0 Å². The van der Waals surface area contributed by atoms with Gasteiger partial charge in [0, 0.05) is 17.6 Å². The Morgan fingerprint density at radius 1 is 1.00 bits per heavy atom. The van der Waals surface area contributed by atoms with Gasteiger partial charge in [0.05, 0.1) is 0 Å². The van der Waals surface area contributed by atoms with E-state index in [-0.39, 0.29) is 18.0 Å². The third-order valence-electron chi connectivity index (χ3n) is 2.37. The average Bonchev–Trinajstić information content (AvgIpc) is 2.18. The molecule has 0 aliphatic rings. The van der Waals surface area contributed by atoms with Crippen molar-refractivity contribution in [3.8, 4) is 0 Å². The number of carbonyl (C=O) groups excluding carboxylic acids is 1. The van der Waals surface area contributed by atoms with Gasteiger partial charge in [0.1, 0.15) is 0 Å². The summed E-state index contributed by atoms with van der Waals surface area (Å²) < 4.78 is 0. The van der Waals surface area contributed by atoms with Crippen LogP contribution in [0.1, 0.15) is 38.1 Å². The summed E-state index contributed by atoms with van der Waals surface area (Å²) in [5, 5.41) is 0. The summed E-state index contributed by atoms with van der Waals surface area (Å²) >= 11 is 0. The van der Waals surface area contributed by atoms with Crippen molar-refractivity contribution in [2.75, 3.05) is 0 Å². The molecule has 0 bridgehead atoms. The summed E-state index contributed by atoms with van der Waals surface area (Å²) in [4.78, 5) is 14.1. The van der Waals surface area contributed by atoms with Crippen molar-refractivity contribution >= 4 is 5.91 Å². The van der Waals surface area contributed by atoms with Gasteiger partial charge in [-0.05, 0) is 39.8 Å². The van der Waals surface area contributed by atoms with Crippen LogP contribution in [-0.4, -0.2) is 22.9 Å². The lowest BCUT2D eigenvalue weighted by atomic mass is 10.1. The number of carbonyl (C=O) groups is 1. The zero-order valence-electron chi connectivity index (χ0n) is 9.90. The predicted molar refractivity (Wildman–Crippen MR) is 62.9 cm³/mol. The maximum absolute atomic E-state index is 12.2. The topological polar surface area (TPSA) is 20.3 Å². The molecule has 82 valence electrons. The van der Waals surface area contributed by atoms with Crippen molar-refractivity contribution in [3.05, 3.63) is 35.9 Å². The molecule has 1 aromatic carbocycles. The van der Waals surface area contributed by atoms with Gasteiger partial charge in [-0.3, -0.25) is 4.79 Å². The molecule has 0 aromatic heterocycles. The van der Waals surface area contributed by atoms with E-state index in [1.54, 1.807) is 0 Å². The van der Waals surface area contributed by atoms with Crippen molar-refractivity contribution in [3.63, 3.8) is 0 Å². The molecular weight excluding hydrogens is 186 g/mol. The Morgan fingerprint density at radius 3 is 1.87 bits per heavy atom. The molecule has 2 heteroatoms. The van der Waals surface area contributed by atoms with Crippen LogP contribution in [-0.2, 0) is 0 Å². The molecule has 0 aliphatic carbocycles. The Morgan fingerprint density at radius 2 is 1.47 bits per heavy atom. The fourth-order valence-electron chi connectivity index (χ4n) is 1.80. The lowest BCUT2D eigenvalue weighted by molar-refractivity contribution is 0.0644. The van der Waals surface area contributed by atoms with Crippen molar-refractivity contribution in [1.82, 2.24) is 4.90 Å². The highest BCUT2D eigenvalue weighted by Crippen LogP contribution is 2.11. The quantitative estimate of drug-likeness (QED) is 0.743. The van der Waals surface area contributed by atoms with E-state index >= 15 is 0 Å². The minimum Gasteiger partial charge on any atom is -0.334 e. The number of benzene rings is 1. The zero-order chi connectivity index (χ0) is 11.4. The molecule has 2 nitrogen and oxygen atoms in total. The van der Waals surface area contributed by atoms with E-state index in [0.29, 0.717) is 0 Å². The van der Waals surface area contributed by atoms with Gasteiger partial charge < -0.3 is 4.90 Å². The van der Waals surface area contributed by atoms with Gasteiger partial charge in [0.25, 0.3) is 5.91 Å². The predicted octanol–water partition coefficient (Wildman–Crippen LogP) is 2.95. The third-order valence-corrected chi connectivity index (χ3v) is 2.37. The lowest BCUT2D eigenvalue weighted by Crippen LogP contribution is -2.42. The second kappa shape index (κ2) is 4.96. The van der Waals surface area contributed by atoms with Crippen LogP contribution in [0.15, 0.2) is 30.3 Å². The molecule has 0 saturated carbocycles. The van der Waals surface area contributed by atoms with Crippen LogP contribution in [0.25, 0.3) is 0 Å². The first-order chi connectivity index (χ1) is 7.04. The van der Waals surface area contributed by atoms with Gasteiger partial charge in [-0.2, -0.15) is 0 Å². The smallest absolute Gasteiger partial charge is 0.254 e. The van der Waals surface area contributed by atoms with Gasteiger partial charge in [-0.15, -0.1) is 0 Å². The number of nitrogens with zero attached hydrogens (tertiary/aromatic N) is 1. The molecule has 1 rings (SSSR count). The van der Waals surface area contributed by atoms with Crippen molar-refractivity contribution in [1.29, 1.82) is 0 Å². The maximum Gasteiger partial charge on any atom is 0.254 e. The summed E-state index contributed by atoms with van der Waals surface area (Å²) in [6.07, 6.45) is 0. The highest BCUT2D eigenvalue weighted by atomic mass is 16.2. The van der Waals surface area contributed by atoms with Gasteiger partial charge in [0.2, 0.25) is 0 Å². The van der Waals surface area contributed by atoms with Crippen LogP contribution >= 0.6 is 0 Å². The largest absolute Gasteiger partial charge is 0.334 e. The van der Waals surface area contributed by atoms with Crippen LogP contribution < -0.4 is 0 Å². The van der Waals surface area contributed by atoms with Gasteiger partial charge in [-0.1, -0.05) is 18.2 Å². The fraction of sp³-hybridized carbons (Fsp3) is 0.462. The molecule has 0 saturated heterocycles. The van der Waals surface area contributed by atoms with Gasteiger partial charge in [0.15, 0.2) is 0 Å². The monoisotopic (exact) mass is 205 g/mol. The van der Waals surface area contributed by atoms with Crippen LogP contribution in [0.3, 0.4) is 0 Å². The summed E-state index contributed by atoms with van der Waals surface area (Å²) in [7, 11) is 0. The Bertz CT molecular complexity index is 309. The Balaban J connectivity index is 2.92. The van der Waals surface area contributed by atoms with Crippen molar-refractivity contribution < 1.29 is 4.79 Å². The number of hydrogen-bond acceptors (Lipinski definition) is 1. The Labute approximate surface area is 91.9 Å². The van der Waals surface area contributed by atoms with Crippen molar-refractivity contribution in [2.24, 2.45) is 0 Å². The van der Waals surface area contributed by atoms with Crippen LogP contribution in [0, 0.1) is 0 Å². The second-order valence-corrected chi connectivity index (χ2v) is 4.27. The molecule has 0 unspecified atom stereocenters. The Hall–Kier alpha value is -1.31. The normalized spacial score (nSPS) is 10.8. The molecule has 0 radical (unpaired) electrons. The van der Waals surface area contributed by atoms with Crippen molar-refractivity contribution in [2.45, 2.75) is 39.8 Å². The minimum absolute atomic E-state index is 0.112. The molecule has 0 N–H and O–H groups in total. The Kier molecular flexibility index (Phi) is 3.89. The van der Waals surface area contributed by atoms with E-state index in [1.807, 2.05) is 62.9 Å². The number of hydrogen-bond donors (Lipinski definition) is 0. The molecule has 0 aliphatic heterocycles. The van der Waals surface area contributed by atoms with Gasteiger partial charge >= 0.3 is 0 Å². The summed E-state index contributed by atoms with van der Waals surface area (Å²) in [5.41, 5.74) is 0.764. The molecule has 0 heterocycles. The number of amides is 1. The highest BCUT2D eigenvalue weighted by Gasteiger charge is 2.20. The number of rotatable bonds is 3. The van der Waals surface area contributed by atoms with E-state index in [4.69, 9.17) is 0 Å². The highest BCUT2D eigenvalue weighted by molar-refractivity contribution is 5.94. The first-order valence-corrected chi connectivity index (χ1v) is 5.41. The van der Waals surface area contributed by atoms with E-state index in [9.17, 15) is 4.79 Å². The van der Waals surface area contributed by atoms with Crippen LogP contribution in [0.2, 0.25) is 0 Å². The fourth-order valence-corrected chi connectivity index (χ4v) is 1.80. The van der Waals surface area contributed by atoms with E-state index in [0.717, 1.165) is 5.56 Å². The van der Waals surface area contributed by atoms with Crippen LogP contribution in [0.4, 0.5) is 0 Å². The molecule has 15 heavy (non-hydrogen) atoms. The zero-order valence-corrected chi connectivity index (χ0v) is 9.90. The average molecular weight is 205 g/mol. The summed E-state index contributed by atoms with van der Waals surface area (Å²) in [5.74, 6) is 0.112. The molecule has 1 amide bonds. The standard InChI is InChI=1S/C13H19NO/c1-10(2)14(11(3)4)13(15)12-8-6-5-7-9-12/h5-11H,1-4H3. The summed E-state index contributed by atoms with van der Waals surface area (Å²) in [6.45, 7) is 8.17. The molecular formula is C13H19NO. The van der Waals surface area contributed by atoms with Crippen LogP contribution in [0.5, 0.6) is 0 Å². The maximum atomic E-state index is 12.2. The van der Waals surface area contributed by atoms with Gasteiger partial charge in [-0.25, -0.2) is 0 Å². The molecule has 0 spiro atoms. The minimum atomic E-state index is 0.112. The first kappa shape index (κ1) is 11.8. The summed E-state index contributed by atoms with van der Waals surface area (Å²) in [6, 6.07) is 9.90. The molecule has 0 fully saturated rings. The first-order valence-electron chi connectivity index (χ1n) is 5.41. The third kappa shape index (κ3) is 2.82. The second-order valence-electron chi connectivity index (χ2n) is 4.27. The molecule has 0 atom stereocenters. The van der Waals surface area contributed by atoms with E-state index < -0.39 is 0 Å². The van der Waals surface area contributed by atoms with E-state index in [2.05, 4.69) is 0 Å². The lowest BCUT2D eigenvalue weighted by Gasteiger charge is -2.30. The molecule has 1 aromatic rings.